The third kappa shape index (κ3) is 3.46. The molecule has 0 heterocycles. The van der Waals surface area contributed by atoms with Crippen LogP contribution in [0.25, 0.3) is 0 Å². The van der Waals surface area contributed by atoms with Crippen LogP contribution in [0.3, 0.4) is 0 Å². The van der Waals surface area contributed by atoms with Crippen molar-refractivity contribution in [3.05, 3.63) is 0 Å². The highest BCUT2D eigenvalue weighted by molar-refractivity contribution is 4.89. The van der Waals surface area contributed by atoms with Crippen molar-refractivity contribution in [2.24, 2.45) is 11.8 Å². The summed E-state index contributed by atoms with van der Waals surface area (Å²) in [7, 11) is 0. The summed E-state index contributed by atoms with van der Waals surface area (Å²) in [6.07, 6.45) is 5.79. The van der Waals surface area contributed by atoms with Crippen molar-refractivity contribution >= 4 is 0 Å². The summed E-state index contributed by atoms with van der Waals surface area (Å²) in [5.74, 6) is 1.37. The second-order valence-corrected chi connectivity index (χ2v) is 5.35. The molecule has 2 unspecified atom stereocenters. The number of hydrogen-bond donors (Lipinski definition) is 1. The quantitative estimate of drug-likeness (QED) is 0.713. The van der Waals surface area contributed by atoms with Gasteiger partial charge in [0.1, 0.15) is 0 Å². The summed E-state index contributed by atoms with van der Waals surface area (Å²) in [6, 6.07) is 0. The normalized spacial score (nSPS) is 32.2. The van der Waals surface area contributed by atoms with Crippen LogP contribution < -0.4 is 0 Å². The first kappa shape index (κ1) is 13.0. The minimum Gasteiger partial charge on any atom is -0.396 e. The maximum atomic E-state index is 8.79. The van der Waals surface area contributed by atoms with Gasteiger partial charge in [0.2, 0.25) is 0 Å². The van der Waals surface area contributed by atoms with Crippen LogP contribution in [0.1, 0.15) is 52.9 Å². The van der Waals surface area contributed by atoms with Gasteiger partial charge < -0.3 is 9.84 Å². The van der Waals surface area contributed by atoms with Gasteiger partial charge in [-0.25, -0.2) is 0 Å². The molecule has 90 valence electrons. The van der Waals surface area contributed by atoms with E-state index in [0.717, 1.165) is 12.3 Å². The lowest BCUT2D eigenvalue weighted by Gasteiger charge is -2.43. The van der Waals surface area contributed by atoms with Crippen molar-refractivity contribution in [3.63, 3.8) is 0 Å². The molecular weight excluding hydrogens is 188 g/mol. The van der Waals surface area contributed by atoms with Crippen molar-refractivity contribution in [2.45, 2.75) is 58.5 Å². The summed E-state index contributed by atoms with van der Waals surface area (Å²) in [5.41, 5.74) is 0.0901. The minimum absolute atomic E-state index is 0.0901. The topological polar surface area (TPSA) is 29.5 Å². The molecule has 0 amide bonds. The molecule has 0 spiro atoms. The van der Waals surface area contributed by atoms with E-state index in [1.54, 1.807) is 0 Å². The molecule has 1 fully saturated rings. The molecule has 2 heteroatoms. The van der Waals surface area contributed by atoms with Gasteiger partial charge in [-0.2, -0.15) is 0 Å². The predicted molar refractivity (Wildman–Crippen MR) is 62.9 cm³/mol. The van der Waals surface area contributed by atoms with Crippen molar-refractivity contribution in [3.8, 4) is 0 Å². The van der Waals surface area contributed by atoms with E-state index < -0.39 is 0 Å². The molecule has 0 aromatic heterocycles. The highest BCUT2D eigenvalue weighted by Crippen LogP contribution is 2.40. The first-order valence-corrected chi connectivity index (χ1v) is 6.35. The van der Waals surface area contributed by atoms with Gasteiger partial charge in [-0.3, -0.25) is 0 Å². The van der Waals surface area contributed by atoms with Gasteiger partial charge in [0.05, 0.1) is 5.60 Å². The van der Waals surface area contributed by atoms with Gasteiger partial charge in [-0.05, 0) is 31.1 Å². The van der Waals surface area contributed by atoms with Gasteiger partial charge in [0.25, 0.3) is 0 Å². The largest absolute Gasteiger partial charge is 0.396 e. The average molecular weight is 214 g/mol. The SMILES string of the molecule is CC1CCCC(OCCCO)(C(C)C)C1. The van der Waals surface area contributed by atoms with Crippen LogP contribution in [0.2, 0.25) is 0 Å². The fourth-order valence-electron chi connectivity index (χ4n) is 2.71. The molecule has 1 saturated carbocycles. The lowest BCUT2D eigenvalue weighted by atomic mass is 9.73. The van der Waals surface area contributed by atoms with Crippen LogP contribution in [-0.4, -0.2) is 23.9 Å². The maximum absolute atomic E-state index is 8.79. The molecule has 15 heavy (non-hydrogen) atoms. The van der Waals surface area contributed by atoms with E-state index in [0.29, 0.717) is 12.5 Å². The number of hydrogen-bond acceptors (Lipinski definition) is 2. The molecule has 1 aliphatic rings. The predicted octanol–water partition coefficient (Wildman–Crippen LogP) is 2.99. The molecule has 1 aliphatic carbocycles. The summed E-state index contributed by atoms with van der Waals surface area (Å²) in [5, 5.41) is 8.79. The van der Waals surface area contributed by atoms with Crippen LogP contribution in [0.15, 0.2) is 0 Å². The Morgan fingerprint density at radius 3 is 2.73 bits per heavy atom. The average Bonchev–Trinajstić information content (AvgIpc) is 2.18. The molecular formula is C13H26O2. The smallest absolute Gasteiger partial charge is 0.0707 e. The van der Waals surface area contributed by atoms with E-state index in [1.807, 2.05) is 0 Å². The molecule has 1 N–H and O–H groups in total. The molecule has 2 nitrogen and oxygen atoms in total. The second-order valence-electron chi connectivity index (χ2n) is 5.35. The number of aliphatic hydroxyl groups is 1. The van der Waals surface area contributed by atoms with Gasteiger partial charge >= 0.3 is 0 Å². The molecule has 0 bridgehead atoms. The Hall–Kier alpha value is -0.0800. The summed E-state index contributed by atoms with van der Waals surface area (Å²) in [6.45, 7) is 7.80. The van der Waals surface area contributed by atoms with Gasteiger partial charge in [0, 0.05) is 13.2 Å². The molecule has 0 aliphatic heterocycles. The van der Waals surface area contributed by atoms with E-state index in [2.05, 4.69) is 20.8 Å². The first-order valence-electron chi connectivity index (χ1n) is 6.35. The molecule has 0 aromatic rings. The Morgan fingerprint density at radius 1 is 1.47 bits per heavy atom. The van der Waals surface area contributed by atoms with E-state index >= 15 is 0 Å². The van der Waals surface area contributed by atoms with Gasteiger partial charge in [-0.1, -0.05) is 33.6 Å². The van der Waals surface area contributed by atoms with Crippen molar-refractivity contribution < 1.29 is 9.84 Å². The zero-order chi connectivity index (χ0) is 11.3. The lowest BCUT2D eigenvalue weighted by molar-refractivity contribution is -0.113. The Kier molecular flexibility index (Phi) is 5.07. The zero-order valence-electron chi connectivity index (χ0n) is 10.5. The number of ether oxygens (including phenoxy) is 1. The van der Waals surface area contributed by atoms with Crippen molar-refractivity contribution in [1.82, 2.24) is 0 Å². The second kappa shape index (κ2) is 5.86. The zero-order valence-corrected chi connectivity index (χ0v) is 10.5. The Balaban J connectivity index is 2.53. The van der Waals surface area contributed by atoms with Crippen LogP contribution in [0, 0.1) is 11.8 Å². The Morgan fingerprint density at radius 2 is 2.20 bits per heavy atom. The molecule has 1 rings (SSSR count). The third-order valence-electron chi connectivity index (χ3n) is 3.74. The lowest BCUT2D eigenvalue weighted by Crippen LogP contribution is -2.43. The van der Waals surface area contributed by atoms with Crippen LogP contribution in [0.5, 0.6) is 0 Å². The maximum Gasteiger partial charge on any atom is 0.0707 e. The van der Waals surface area contributed by atoms with Crippen LogP contribution in [-0.2, 0) is 4.74 Å². The van der Waals surface area contributed by atoms with E-state index in [4.69, 9.17) is 9.84 Å². The summed E-state index contributed by atoms with van der Waals surface area (Å²) >= 11 is 0. The van der Waals surface area contributed by atoms with Crippen LogP contribution in [0.4, 0.5) is 0 Å². The van der Waals surface area contributed by atoms with Crippen molar-refractivity contribution in [2.75, 3.05) is 13.2 Å². The fourth-order valence-corrected chi connectivity index (χ4v) is 2.71. The fraction of sp³-hybridized carbons (Fsp3) is 1.00. The standard InChI is InChI=1S/C13H26O2/c1-11(2)13(15-9-5-8-14)7-4-6-12(3)10-13/h11-12,14H,4-10H2,1-3H3. The summed E-state index contributed by atoms with van der Waals surface area (Å²) in [4.78, 5) is 0. The van der Waals surface area contributed by atoms with Gasteiger partial charge in [0.15, 0.2) is 0 Å². The Labute approximate surface area is 94.0 Å². The van der Waals surface area contributed by atoms with Crippen LogP contribution >= 0.6 is 0 Å². The molecule has 0 saturated heterocycles. The summed E-state index contributed by atoms with van der Waals surface area (Å²) < 4.78 is 6.08. The van der Waals surface area contributed by atoms with E-state index in [9.17, 15) is 0 Å². The first-order chi connectivity index (χ1) is 7.10. The van der Waals surface area contributed by atoms with E-state index in [-0.39, 0.29) is 12.2 Å². The number of rotatable bonds is 5. The van der Waals surface area contributed by atoms with Crippen molar-refractivity contribution in [1.29, 1.82) is 0 Å². The minimum atomic E-state index is 0.0901. The highest BCUT2D eigenvalue weighted by Gasteiger charge is 2.38. The van der Waals surface area contributed by atoms with E-state index in [1.165, 1.54) is 25.7 Å². The molecule has 0 aromatic carbocycles. The molecule has 0 radical (unpaired) electrons. The third-order valence-corrected chi connectivity index (χ3v) is 3.74. The Bertz CT molecular complexity index is 179. The highest BCUT2D eigenvalue weighted by atomic mass is 16.5. The number of aliphatic hydroxyl groups excluding tert-OH is 1. The van der Waals surface area contributed by atoms with Gasteiger partial charge in [-0.15, -0.1) is 0 Å². The molecule has 2 atom stereocenters. The monoisotopic (exact) mass is 214 g/mol.